The second kappa shape index (κ2) is 14.2. The highest BCUT2D eigenvalue weighted by Crippen LogP contribution is 2.31. The first-order valence-corrected chi connectivity index (χ1v) is 11.9. The zero-order valence-electron chi connectivity index (χ0n) is 20.8. The van der Waals surface area contributed by atoms with E-state index >= 15 is 13.2 Å². The maximum atomic E-state index is 15.1. The highest BCUT2D eigenvalue weighted by molar-refractivity contribution is 7.92. The van der Waals surface area contributed by atoms with Gasteiger partial charge < -0.3 is 11.1 Å². The van der Waals surface area contributed by atoms with Gasteiger partial charge in [0.05, 0.1) is 16.9 Å². The Bertz CT molecular complexity index is 1290. The van der Waals surface area contributed by atoms with Gasteiger partial charge >= 0.3 is 0 Å². The Morgan fingerprint density at radius 3 is 2.50 bits per heavy atom. The number of hydrazine groups is 1. The molecule has 0 fully saturated rings. The number of carbonyl (C=O) groups excluding carboxylic acids is 1. The molecule has 3 rings (SSSR count). The fourth-order valence-corrected chi connectivity index (χ4v) is 3.66. The second-order valence-electron chi connectivity index (χ2n) is 8.03. The van der Waals surface area contributed by atoms with E-state index in [1.165, 1.54) is 24.4 Å². The van der Waals surface area contributed by atoms with E-state index in [9.17, 15) is 9.18 Å². The lowest BCUT2D eigenvalue weighted by Crippen LogP contribution is -2.29. The Kier molecular flexibility index (Phi) is 11.7. The third kappa shape index (κ3) is 7.74. The van der Waals surface area contributed by atoms with E-state index < -0.39 is 46.8 Å². The number of pyridine rings is 1. The van der Waals surface area contributed by atoms with Gasteiger partial charge in [0.2, 0.25) is 0 Å². The predicted molar refractivity (Wildman–Crippen MR) is 145 cm³/mol. The first kappa shape index (κ1) is 31.2. The molecule has 0 atom stereocenters. The van der Waals surface area contributed by atoms with Crippen LogP contribution in [0, 0.1) is 30.2 Å². The van der Waals surface area contributed by atoms with Gasteiger partial charge in [0.1, 0.15) is 18.0 Å². The molecule has 1 heterocycles. The second-order valence-corrected chi connectivity index (χ2v) is 8.90. The zero-order chi connectivity index (χ0) is 27.1. The number of benzene rings is 2. The van der Waals surface area contributed by atoms with Crippen LogP contribution < -0.4 is 22.0 Å². The van der Waals surface area contributed by atoms with Crippen molar-refractivity contribution in [1.82, 2.24) is 14.8 Å². The minimum Gasteiger partial charge on any atom is -0.366 e. The summed E-state index contributed by atoms with van der Waals surface area (Å²) in [5.41, 5.74) is 9.74. The van der Waals surface area contributed by atoms with Crippen LogP contribution in [-0.2, 0) is 10.7 Å². The molecule has 0 aliphatic heterocycles. The van der Waals surface area contributed by atoms with Crippen LogP contribution in [0.3, 0.4) is 0 Å². The predicted octanol–water partition coefficient (Wildman–Crippen LogP) is 5.25. The third-order valence-corrected chi connectivity index (χ3v) is 5.66. The lowest BCUT2D eigenvalue weighted by atomic mass is 10.00. The molecule has 38 heavy (non-hydrogen) atoms. The van der Waals surface area contributed by atoms with Gasteiger partial charge in [0.25, 0.3) is 5.91 Å². The van der Waals surface area contributed by atoms with Crippen molar-refractivity contribution in [1.29, 1.82) is 0 Å². The first-order chi connectivity index (χ1) is 17.6. The molecule has 0 bridgehead atoms. The maximum Gasteiger partial charge on any atom is 0.250 e. The van der Waals surface area contributed by atoms with Gasteiger partial charge in [-0.3, -0.25) is 4.79 Å². The molecule has 2 aromatic carbocycles. The average Bonchev–Trinajstić information content (AvgIpc) is 2.85. The van der Waals surface area contributed by atoms with Crippen molar-refractivity contribution in [2.75, 3.05) is 24.4 Å². The van der Waals surface area contributed by atoms with E-state index in [0.29, 0.717) is 12.1 Å². The molecule has 0 radical (unpaired) electrons. The van der Waals surface area contributed by atoms with Gasteiger partial charge in [-0.2, -0.15) is 22.2 Å². The quantitative estimate of drug-likeness (QED) is 0.101. The normalized spacial score (nSPS) is 10.8. The van der Waals surface area contributed by atoms with Crippen molar-refractivity contribution >= 4 is 48.8 Å². The van der Waals surface area contributed by atoms with Crippen molar-refractivity contribution in [2.24, 2.45) is 5.73 Å². The lowest BCUT2D eigenvalue weighted by molar-refractivity contribution is 0.100. The van der Waals surface area contributed by atoms with Crippen molar-refractivity contribution in [3.05, 3.63) is 82.1 Å². The highest BCUT2D eigenvalue weighted by atomic mass is 32.2. The Morgan fingerprint density at radius 2 is 1.84 bits per heavy atom. The van der Waals surface area contributed by atoms with Crippen molar-refractivity contribution in [3.8, 4) is 0 Å². The summed E-state index contributed by atoms with van der Waals surface area (Å²) in [6.45, 7) is 4.35. The Balaban J connectivity index is 0.00000507. The number of hydrogen-bond acceptors (Lipinski definition) is 8. The van der Waals surface area contributed by atoms with Gasteiger partial charge in [0.15, 0.2) is 23.3 Å². The van der Waals surface area contributed by atoms with Gasteiger partial charge in [0, 0.05) is 26.2 Å². The Morgan fingerprint density at radius 1 is 1.11 bits per heavy atom. The summed E-state index contributed by atoms with van der Waals surface area (Å²) >= 11 is 0.853. The number of nitrogens with zero attached hydrogens (tertiary/aromatic N) is 2. The zero-order valence-corrected chi connectivity index (χ0v) is 22.6. The van der Waals surface area contributed by atoms with Gasteiger partial charge in [-0.25, -0.2) is 33.5 Å². The summed E-state index contributed by atoms with van der Waals surface area (Å²) in [6, 6.07) is 6.34. The van der Waals surface area contributed by atoms with E-state index in [4.69, 9.17) is 10.0 Å². The number of aromatic nitrogens is 1. The monoisotopic (exact) mass is 572 g/mol. The van der Waals surface area contributed by atoms with Gasteiger partial charge in [-0.1, -0.05) is 13.0 Å². The van der Waals surface area contributed by atoms with Gasteiger partial charge in [-0.15, -0.1) is 0 Å². The third-order valence-electron chi connectivity index (χ3n) is 5.15. The molecule has 0 spiro atoms. The van der Waals surface area contributed by atoms with E-state index in [1.807, 2.05) is 6.92 Å². The summed E-state index contributed by atoms with van der Waals surface area (Å²) in [6.07, 6.45) is 1.72. The Labute approximate surface area is 229 Å². The Hall–Kier alpha value is -3.04. The SMILES string of the molecule is CCCNN(C)SONc1nccc(Cc2cc(C(N)=O)c(Nc3ccc(C)cc3F)c(F)c2F)c1F.S. The summed E-state index contributed by atoms with van der Waals surface area (Å²) < 4.78 is 66.1. The molecule has 3 aromatic rings. The standard InChI is InChI=1S/C24H26F4N6O2S.H2S/c1-4-8-31-34(3)37-36-33-24-20(27)14(7-9-30-24)11-15-12-16(23(29)35)22(21(28)19(15)26)32-18-6-5-13(2)10-17(18)25;/h5-7,9-10,12,31-32H,4,8,11H2,1-3H3,(H2,29,35)(H,30,33);1H2. The molecule has 0 saturated carbocycles. The number of halogens is 4. The number of carbonyl (C=O) groups is 1. The van der Waals surface area contributed by atoms with E-state index in [0.717, 1.165) is 24.7 Å². The summed E-state index contributed by atoms with van der Waals surface area (Å²) in [7, 11) is 1.70. The molecular formula is C24H28F4N6O2S2. The van der Waals surface area contributed by atoms with Crippen LogP contribution in [-0.4, -0.2) is 28.9 Å². The molecule has 0 aliphatic rings. The number of rotatable bonds is 12. The number of hydrogen-bond donors (Lipinski definition) is 4. The molecule has 0 aliphatic carbocycles. The number of nitrogens with two attached hydrogens (primary N) is 1. The fraction of sp³-hybridized carbons (Fsp3) is 0.250. The van der Waals surface area contributed by atoms with Crippen LogP contribution in [0.1, 0.15) is 40.4 Å². The number of primary amides is 1. The van der Waals surface area contributed by atoms with Crippen LogP contribution in [0.25, 0.3) is 0 Å². The number of anilines is 3. The average molecular weight is 573 g/mol. The molecule has 14 heteroatoms. The largest absolute Gasteiger partial charge is 0.366 e. The molecule has 0 unspecified atom stereocenters. The summed E-state index contributed by atoms with van der Waals surface area (Å²) in [4.78, 5) is 15.9. The van der Waals surface area contributed by atoms with E-state index in [-0.39, 0.29) is 36.1 Å². The number of amides is 1. The maximum absolute atomic E-state index is 15.1. The van der Waals surface area contributed by atoms with Crippen molar-refractivity contribution in [3.63, 3.8) is 0 Å². The minimum atomic E-state index is -1.46. The number of nitrogens with one attached hydrogen (secondary N) is 3. The summed E-state index contributed by atoms with van der Waals surface area (Å²) in [5, 5.41) is 2.40. The topological polar surface area (TPSA) is 105 Å². The number of aryl methyl sites for hydroxylation is 1. The van der Waals surface area contributed by atoms with Crippen molar-refractivity contribution < 1.29 is 26.6 Å². The first-order valence-electron chi connectivity index (χ1n) is 11.2. The molecular weight excluding hydrogens is 544 g/mol. The van der Waals surface area contributed by atoms with Crippen LogP contribution in [0.4, 0.5) is 34.8 Å². The van der Waals surface area contributed by atoms with Crippen LogP contribution in [0.5, 0.6) is 0 Å². The van der Waals surface area contributed by atoms with Crippen LogP contribution in [0.15, 0.2) is 36.5 Å². The van der Waals surface area contributed by atoms with Crippen molar-refractivity contribution in [2.45, 2.75) is 26.7 Å². The smallest absolute Gasteiger partial charge is 0.250 e. The lowest BCUT2D eigenvalue weighted by Gasteiger charge is -2.16. The molecule has 8 nitrogen and oxygen atoms in total. The van der Waals surface area contributed by atoms with Crippen LogP contribution in [0.2, 0.25) is 0 Å². The highest BCUT2D eigenvalue weighted by Gasteiger charge is 2.23. The fourth-order valence-electron chi connectivity index (χ4n) is 3.29. The molecule has 0 saturated heterocycles. The summed E-state index contributed by atoms with van der Waals surface area (Å²) in [5.74, 6) is -5.76. The minimum absolute atomic E-state index is 0. The molecule has 1 aromatic heterocycles. The van der Waals surface area contributed by atoms with E-state index in [2.05, 4.69) is 21.2 Å². The molecule has 5 N–H and O–H groups in total. The van der Waals surface area contributed by atoms with Crippen LogP contribution >= 0.6 is 25.7 Å². The van der Waals surface area contributed by atoms with E-state index in [1.54, 1.807) is 24.5 Å². The molecule has 1 amide bonds. The molecule has 206 valence electrons. The van der Waals surface area contributed by atoms with Gasteiger partial charge in [-0.05, 0) is 54.3 Å².